The number of rotatable bonds is 4. The van der Waals surface area contributed by atoms with Crippen LogP contribution in [0.4, 0.5) is 5.69 Å². The molecule has 1 N–H and O–H groups in total. The van der Waals surface area contributed by atoms with Crippen molar-refractivity contribution in [2.24, 2.45) is 0 Å². The Bertz CT molecular complexity index is 572. The van der Waals surface area contributed by atoms with E-state index in [9.17, 15) is 4.79 Å². The lowest BCUT2D eigenvalue weighted by atomic mass is 10.3. The van der Waals surface area contributed by atoms with Crippen molar-refractivity contribution in [3.8, 4) is 5.88 Å². The second kappa shape index (κ2) is 6.29. The second-order valence-electron chi connectivity index (χ2n) is 3.64. The molecule has 2 rings (SSSR count). The summed E-state index contributed by atoms with van der Waals surface area (Å²) in [5, 5.41) is 2.75. The topological polar surface area (TPSA) is 64.1 Å². The molecule has 1 heterocycles. The smallest absolute Gasteiger partial charge is 0.274 e. The number of hydrogen-bond acceptors (Lipinski definition) is 4. The number of nitrogens with one attached hydrogen (secondary N) is 1. The summed E-state index contributed by atoms with van der Waals surface area (Å²) >= 11 is 3.33. The SMILES string of the molecule is CCOc1cc(C(=O)Nc2ccc(Br)cc2)ncn1. The van der Waals surface area contributed by atoms with Gasteiger partial charge in [-0.2, -0.15) is 0 Å². The molecule has 0 aliphatic heterocycles. The van der Waals surface area contributed by atoms with Gasteiger partial charge in [-0.05, 0) is 31.2 Å². The van der Waals surface area contributed by atoms with E-state index in [0.717, 1.165) is 4.47 Å². The van der Waals surface area contributed by atoms with Gasteiger partial charge < -0.3 is 10.1 Å². The van der Waals surface area contributed by atoms with Gasteiger partial charge in [0.25, 0.3) is 5.91 Å². The number of anilines is 1. The number of hydrogen-bond donors (Lipinski definition) is 1. The summed E-state index contributed by atoms with van der Waals surface area (Å²) in [6.45, 7) is 2.34. The summed E-state index contributed by atoms with van der Waals surface area (Å²) in [5.74, 6) is 0.0872. The number of benzene rings is 1. The van der Waals surface area contributed by atoms with Crippen LogP contribution in [0.25, 0.3) is 0 Å². The van der Waals surface area contributed by atoms with Crippen LogP contribution in [0.3, 0.4) is 0 Å². The van der Waals surface area contributed by atoms with Gasteiger partial charge >= 0.3 is 0 Å². The molecule has 0 unspecified atom stereocenters. The Labute approximate surface area is 119 Å². The van der Waals surface area contributed by atoms with Crippen LogP contribution < -0.4 is 10.1 Å². The average molecular weight is 322 g/mol. The molecule has 0 atom stereocenters. The third-order valence-electron chi connectivity index (χ3n) is 2.27. The maximum absolute atomic E-state index is 12.0. The Balaban J connectivity index is 2.11. The minimum absolute atomic E-state index is 0.265. The molecule has 6 heteroatoms. The standard InChI is InChI=1S/C13H12BrN3O2/c1-2-19-12-7-11(15-8-16-12)13(18)17-10-5-3-9(14)4-6-10/h3-8H,2H2,1H3,(H,17,18). The summed E-state index contributed by atoms with van der Waals surface area (Å²) in [4.78, 5) is 19.8. The summed E-state index contributed by atoms with van der Waals surface area (Å²) in [6, 6.07) is 8.80. The number of ether oxygens (including phenoxy) is 1. The molecule has 5 nitrogen and oxygen atoms in total. The maximum Gasteiger partial charge on any atom is 0.274 e. The molecular formula is C13H12BrN3O2. The third kappa shape index (κ3) is 3.75. The quantitative estimate of drug-likeness (QED) is 0.940. The lowest BCUT2D eigenvalue weighted by Gasteiger charge is -2.06. The van der Waals surface area contributed by atoms with E-state index in [4.69, 9.17) is 4.74 Å². The van der Waals surface area contributed by atoms with Crippen LogP contribution in [0.1, 0.15) is 17.4 Å². The first kappa shape index (κ1) is 13.5. The lowest BCUT2D eigenvalue weighted by Crippen LogP contribution is -2.14. The van der Waals surface area contributed by atoms with Crippen molar-refractivity contribution in [1.29, 1.82) is 0 Å². The normalized spacial score (nSPS) is 10.0. The van der Waals surface area contributed by atoms with Crippen molar-refractivity contribution in [3.63, 3.8) is 0 Å². The molecule has 0 aliphatic rings. The van der Waals surface area contributed by atoms with Crippen LogP contribution >= 0.6 is 15.9 Å². The zero-order valence-corrected chi connectivity index (χ0v) is 11.8. The first-order valence-electron chi connectivity index (χ1n) is 5.71. The first-order chi connectivity index (χ1) is 9.19. The highest BCUT2D eigenvalue weighted by Gasteiger charge is 2.09. The molecule has 19 heavy (non-hydrogen) atoms. The molecule has 0 saturated heterocycles. The Morgan fingerprint density at radius 2 is 2.05 bits per heavy atom. The van der Waals surface area contributed by atoms with Gasteiger partial charge in [-0.1, -0.05) is 15.9 Å². The van der Waals surface area contributed by atoms with Gasteiger partial charge in [0.2, 0.25) is 5.88 Å². The highest BCUT2D eigenvalue weighted by Crippen LogP contribution is 2.15. The number of aromatic nitrogens is 2. The summed E-state index contributed by atoms with van der Waals surface area (Å²) in [6.07, 6.45) is 1.31. The van der Waals surface area contributed by atoms with Gasteiger partial charge in [0.15, 0.2) is 0 Å². The highest BCUT2D eigenvalue weighted by atomic mass is 79.9. The van der Waals surface area contributed by atoms with Crippen molar-refractivity contribution in [3.05, 3.63) is 46.8 Å². The van der Waals surface area contributed by atoms with Gasteiger partial charge in [0.05, 0.1) is 6.61 Å². The number of nitrogens with zero attached hydrogens (tertiary/aromatic N) is 2. The van der Waals surface area contributed by atoms with Crippen molar-refractivity contribution in [2.75, 3.05) is 11.9 Å². The molecule has 1 aromatic carbocycles. The van der Waals surface area contributed by atoms with Gasteiger partial charge in [-0.3, -0.25) is 4.79 Å². The number of carbonyl (C=O) groups is 1. The lowest BCUT2D eigenvalue weighted by molar-refractivity contribution is 0.102. The van der Waals surface area contributed by atoms with Crippen LogP contribution in [0.5, 0.6) is 5.88 Å². The fourth-order valence-corrected chi connectivity index (χ4v) is 1.68. The second-order valence-corrected chi connectivity index (χ2v) is 4.55. The van der Waals surface area contributed by atoms with Crippen molar-refractivity contribution in [1.82, 2.24) is 9.97 Å². The molecule has 0 bridgehead atoms. The van der Waals surface area contributed by atoms with Gasteiger partial charge in [0.1, 0.15) is 12.0 Å². The van der Waals surface area contributed by atoms with E-state index < -0.39 is 0 Å². The summed E-state index contributed by atoms with van der Waals surface area (Å²) in [7, 11) is 0. The van der Waals surface area contributed by atoms with Crippen LogP contribution in [0.15, 0.2) is 41.1 Å². The van der Waals surface area contributed by atoms with Gasteiger partial charge in [-0.25, -0.2) is 9.97 Å². The molecular weight excluding hydrogens is 310 g/mol. The fraction of sp³-hybridized carbons (Fsp3) is 0.154. The Morgan fingerprint density at radius 3 is 2.74 bits per heavy atom. The zero-order chi connectivity index (χ0) is 13.7. The largest absolute Gasteiger partial charge is 0.478 e. The molecule has 0 spiro atoms. The molecule has 0 radical (unpaired) electrons. The summed E-state index contributed by atoms with van der Waals surface area (Å²) < 4.78 is 6.18. The van der Waals surface area contributed by atoms with Gasteiger partial charge in [0, 0.05) is 16.2 Å². The molecule has 0 saturated carbocycles. The van der Waals surface area contributed by atoms with E-state index in [2.05, 4.69) is 31.2 Å². The van der Waals surface area contributed by atoms with Crippen molar-refractivity contribution < 1.29 is 9.53 Å². The van der Waals surface area contributed by atoms with E-state index in [1.54, 1.807) is 12.1 Å². The van der Waals surface area contributed by atoms with E-state index in [-0.39, 0.29) is 11.6 Å². The van der Waals surface area contributed by atoms with Crippen LogP contribution in [0, 0.1) is 0 Å². The number of amides is 1. The average Bonchev–Trinajstić information content (AvgIpc) is 2.42. The van der Waals surface area contributed by atoms with E-state index in [1.807, 2.05) is 19.1 Å². The minimum atomic E-state index is -0.300. The predicted octanol–water partition coefficient (Wildman–Crippen LogP) is 2.89. The molecule has 0 aliphatic carbocycles. The number of carbonyl (C=O) groups excluding carboxylic acids is 1. The molecule has 0 fully saturated rings. The van der Waals surface area contributed by atoms with Crippen molar-refractivity contribution in [2.45, 2.75) is 6.92 Å². The van der Waals surface area contributed by atoms with Crippen LogP contribution in [-0.2, 0) is 0 Å². The monoisotopic (exact) mass is 321 g/mol. The van der Waals surface area contributed by atoms with E-state index in [0.29, 0.717) is 18.2 Å². The molecule has 98 valence electrons. The molecule has 2 aromatic rings. The van der Waals surface area contributed by atoms with Gasteiger partial charge in [-0.15, -0.1) is 0 Å². The zero-order valence-electron chi connectivity index (χ0n) is 10.3. The number of halogens is 1. The fourth-order valence-electron chi connectivity index (χ4n) is 1.42. The minimum Gasteiger partial charge on any atom is -0.478 e. The Hall–Kier alpha value is -1.95. The predicted molar refractivity (Wildman–Crippen MR) is 75.3 cm³/mol. The molecule has 1 amide bonds. The van der Waals surface area contributed by atoms with Crippen molar-refractivity contribution >= 4 is 27.5 Å². The molecule has 1 aromatic heterocycles. The third-order valence-corrected chi connectivity index (χ3v) is 2.80. The van der Waals surface area contributed by atoms with Crippen LogP contribution in [0.2, 0.25) is 0 Å². The Kier molecular flexibility index (Phi) is 4.46. The Morgan fingerprint density at radius 1 is 1.32 bits per heavy atom. The first-order valence-corrected chi connectivity index (χ1v) is 6.50. The maximum atomic E-state index is 12.0. The van der Waals surface area contributed by atoms with E-state index >= 15 is 0 Å². The summed E-state index contributed by atoms with van der Waals surface area (Å²) in [5.41, 5.74) is 0.964. The van der Waals surface area contributed by atoms with Crippen LogP contribution in [-0.4, -0.2) is 22.5 Å². The highest BCUT2D eigenvalue weighted by molar-refractivity contribution is 9.10. The van der Waals surface area contributed by atoms with E-state index in [1.165, 1.54) is 12.4 Å².